The molecule has 0 spiro atoms. The van der Waals surface area contributed by atoms with E-state index in [-0.39, 0.29) is 11.3 Å². The van der Waals surface area contributed by atoms with E-state index in [1.165, 1.54) is 0 Å². The number of amides is 1. The van der Waals surface area contributed by atoms with Crippen molar-refractivity contribution in [3.05, 3.63) is 17.7 Å². The molecule has 132 valence electrons. The van der Waals surface area contributed by atoms with Crippen LogP contribution in [0.1, 0.15) is 25.8 Å². The van der Waals surface area contributed by atoms with Crippen LogP contribution in [0, 0.1) is 11.3 Å². The van der Waals surface area contributed by atoms with Crippen molar-refractivity contribution in [1.82, 2.24) is 10.6 Å². The molecule has 0 bridgehead atoms. The largest absolute Gasteiger partial charge is 0.493 e. The van der Waals surface area contributed by atoms with Gasteiger partial charge < -0.3 is 24.8 Å². The van der Waals surface area contributed by atoms with Crippen LogP contribution < -0.4 is 24.8 Å². The van der Waals surface area contributed by atoms with Crippen LogP contribution in [0.2, 0.25) is 0 Å². The maximum absolute atomic E-state index is 11.8. The fourth-order valence-electron chi connectivity index (χ4n) is 3.36. The average molecular weight is 334 g/mol. The molecule has 0 aromatic heterocycles. The van der Waals surface area contributed by atoms with Crippen LogP contribution in [0.5, 0.6) is 17.2 Å². The highest BCUT2D eigenvalue weighted by molar-refractivity contribution is 5.82. The second-order valence-electron chi connectivity index (χ2n) is 7.12. The minimum absolute atomic E-state index is 0.148. The molecule has 6 heteroatoms. The first-order valence-corrected chi connectivity index (χ1v) is 8.45. The van der Waals surface area contributed by atoms with Gasteiger partial charge in [-0.1, -0.05) is 13.8 Å². The lowest BCUT2D eigenvalue weighted by molar-refractivity contribution is -0.132. The first-order chi connectivity index (χ1) is 11.5. The molecule has 1 saturated heterocycles. The quantitative estimate of drug-likeness (QED) is 0.858. The molecule has 0 saturated carbocycles. The van der Waals surface area contributed by atoms with Crippen LogP contribution in [0.15, 0.2) is 12.1 Å². The highest BCUT2D eigenvalue weighted by atomic mass is 16.6. The van der Waals surface area contributed by atoms with Gasteiger partial charge in [0.1, 0.15) is 13.2 Å². The predicted molar refractivity (Wildman–Crippen MR) is 90.6 cm³/mol. The number of methoxy groups -OCH3 is 1. The number of benzene rings is 1. The zero-order chi connectivity index (χ0) is 17.2. The Morgan fingerprint density at radius 3 is 2.88 bits per heavy atom. The lowest BCUT2D eigenvalue weighted by Crippen LogP contribution is -2.48. The van der Waals surface area contributed by atoms with Crippen molar-refractivity contribution >= 4 is 5.91 Å². The van der Waals surface area contributed by atoms with Crippen molar-refractivity contribution in [3.63, 3.8) is 0 Å². The van der Waals surface area contributed by atoms with Crippen molar-refractivity contribution in [1.29, 1.82) is 0 Å². The maximum atomic E-state index is 11.8. The molecule has 0 radical (unpaired) electrons. The Morgan fingerprint density at radius 1 is 1.33 bits per heavy atom. The van der Waals surface area contributed by atoms with Gasteiger partial charge in [0.25, 0.3) is 0 Å². The van der Waals surface area contributed by atoms with E-state index in [1.807, 2.05) is 26.0 Å². The molecular formula is C18H26N2O4. The van der Waals surface area contributed by atoms with Gasteiger partial charge in [-0.05, 0) is 36.6 Å². The van der Waals surface area contributed by atoms with Crippen LogP contribution in [0.4, 0.5) is 0 Å². The summed E-state index contributed by atoms with van der Waals surface area (Å²) >= 11 is 0. The van der Waals surface area contributed by atoms with Gasteiger partial charge >= 0.3 is 0 Å². The van der Waals surface area contributed by atoms with Crippen LogP contribution in [0.3, 0.4) is 0 Å². The van der Waals surface area contributed by atoms with Crippen molar-refractivity contribution in [3.8, 4) is 17.2 Å². The molecule has 1 amide bonds. The number of fused-ring (bicyclic) bond motifs is 1. The maximum Gasteiger partial charge on any atom is 0.225 e. The number of nitrogens with one attached hydrogen (secondary N) is 2. The number of carbonyl (C=O) groups excluding carboxylic acids is 1. The molecule has 0 aliphatic carbocycles. The first-order valence-electron chi connectivity index (χ1n) is 8.45. The molecule has 1 fully saturated rings. The minimum atomic E-state index is -0.287. The Morgan fingerprint density at radius 2 is 2.12 bits per heavy atom. The number of ether oxygens (including phenoxy) is 3. The summed E-state index contributed by atoms with van der Waals surface area (Å²) < 4.78 is 16.7. The van der Waals surface area contributed by atoms with Gasteiger partial charge in [0.15, 0.2) is 11.5 Å². The standard InChI is InChI=1S/C18H26N2O4/c1-18(2)8-13(11-20-17(18)21)10-19-9-12-6-14(22-3)16-15(7-12)23-4-5-24-16/h6-7,13,19H,4-5,8-11H2,1-3H3,(H,20,21). The van der Waals surface area contributed by atoms with Gasteiger partial charge in [-0.3, -0.25) is 4.79 Å². The summed E-state index contributed by atoms with van der Waals surface area (Å²) in [5.74, 6) is 2.72. The van der Waals surface area contributed by atoms with Crippen LogP contribution in [-0.4, -0.2) is 39.3 Å². The summed E-state index contributed by atoms with van der Waals surface area (Å²) in [5, 5.41) is 6.47. The van der Waals surface area contributed by atoms with E-state index in [0.717, 1.165) is 37.4 Å². The molecule has 1 unspecified atom stereocenters. The minimum Gasteiger partial charge on any atom is -0.493 e. The Bertz CT molecular complexity index is 598. The summed E-state index contributed by atoms with van der Waals surface area (Å²) in [5.41, 5.74) is 0.806. The van der Waals surface area contributed by atoms with Crippen molar-refractivity contribution < 1.29 is 19.0 Å². The summed E-state index contributed by atoms with van der Waals surface area (Å²) in [7, 11) is 1.64. The smallest absolute Gasteiger partial charge is 0.225 e. The van der Waals surface area contributed by atoms with Gasteiger partial charge in [-0.25, -0.2) is 0 Å². The third-order valence-electron chi connectivity index (χ3n) is 4.61. The Kier molecular flexibility index (Phi) is 4.85. The number of carbonyl (C=O) groups is 1. The Labute approximate surface area is 142 Å². The predicted octanol–water partition coefficient (Wildman–Crippen LogP) is 1.72. The zero-order valence-corrected chi connectivity index (χ0v) is 14.6. The molecule has 2 N–H and O–H groups in total. The lowest BCUT2D eigenvalue weighted by atomic mass is 9.79. The summed E-state index contributed by atoms with van der Waals surface area (Å²) in [6, 6.07) is 3.98. The fourth-order valence-corrected chi connectivity index (χ4v) is 3.36. The molecule has 6 nitrogen and oxygen atoms in total. The molecule has 3 rings (SSSR count). The van der Waals surface area contributed by atoms with Gasteiger partial charge in [-0.2, -0.15) is 0 Å². The van der Waals surface area contributed by atoms with Crippen LogP contribution in [0.25, 0.3) is 0 Å². The van der Waals surface area contributed by atoms with Gasteiger partial charge in [0.05, 0.1) is 7.11 Å². The highest BCUT2D eigenvalue weighted by Crippen LogP contribution is 2.40. The number of hydrogen-bond donors (Lipinski definition) is 2. The van der Waals surface area contributed by atoms with E-state index in [0.29, 0.717) is 30.6 Å². The van der Waals surface area contributed by atoms with Crippen molar-refractivity contribution in [2.24, 2.45) is 11.3 Å². The molecule has 2 heterocycles. The molecule has 2 aliphatic rings. The van der Waals surface area contributed by atoms with Crippen molar-refractivity contribution in [2.75, 3.05) is 33.4 Å². The number of piperidine rings is 1. The molecule has 1 atom stereocenters. The summed E-state index contributed by atoms with van der Waals surface area (Å²) in [4.78, 5) is 11.8. The fraction of sp³-hybridized carbons (Fsp3) is 0.611. The Balaban J connectivity index is 1.58. The van der Waals surface area contributed by atoms with E-state index in [9.17, 15) is 4.79 Å². The topological polar surface area (TPSA) is 68.8 Å². The van der Waals surface area contributed by atoms with Crippen LogP contribution in [-0.2, 0) is 11.3 Å². The number of rotatable bonds is 5. The molecular weight excluding hydrogens is 308 g/mol. The van der Waals surface area contributed by atoms with E-state index >= 15 is 0 Å². The van der Waals surface area contributed by atoms with E-state index in [2.05, 4.69) is 10.6 Å². The number of hydrogen-bond acceptors (Lipinski definition) is 5. The highest BCUT2D eigenvalue weighted by Gasteiger charge is 2.35. The van der Waals surface area contributed by atoms with Gasteiger partial charge in [-0.15, -0.1) is 0 Å². The van der Waals surface area contributed by atoms with E-state index in [4.69, 9.17) is 14.2 Å². The molecule has 24 heavy (non-hydrogen) atoms. The van der Waals surface area contributed by atoms with Crippen LogP contribution >= 0.6 is 0 Å². The average Bonchev–Trinajstić information content (AvgIpc) is 2.57. The summed E-state index contributed by atoms with van der Waals surface area (Å²) in [6.45, 7) is 7.42. The monoisotopic (exact) mass is 334 g/mol. The van der Waals surface area contributed by atoms with Gasteiger partial charge in [0.2, 0.25) is 11.7 Å². The lowest BCUT2D eigenvalue weighted by Gasteiger charge is -2.34. The molecule has 1 aromatic rings. The first kappa shape index (κ1) is 16.9. The van der Waals surface area contributed by atoms with Gasteiger partial charge in [0, 0.05) is 18.5 Å². The third kappa shape index (κ3) is 3.59. The van der Waals surface area contributed by atoms with Crippen molar-refractivity contribution in [2.45, 2.75) is 26.8 Å². The zero-order valence-electron chi connectivity index (χ0n) is 14.6. The Hall–Kier alpha value is -1.95. The molecule has 1 aromatic carbocycles. The second-order valence-corrected chi connectivity index (χ2v) is 7.12. The normalized spacial score (nSPS) is 22.0. The SMILES string of the molecule is COc1cc(CNCC2CNC(=O)C(C)(C)C2)cc2c1OCCO2. The molecule has 2 aliphatic heterocycles. The second kappa shape index (κ2) is 6.89. The van der Waals surface area contributed by atoms with E-state index in [1.54, 1.807) is 7.11 Å². The van der Waals surface area contributed by atoms with E-state index < -0.39 is 0 Å². The summed E-state index contributed by atoms with van der Waals surface area (Å²) in [6.07, 6.45) is 0.899. The third-order valence-corrected chi connectivity index (χ3v) is 4.61.